The standard InChI is InChI=1S/C39H60N2O5/c1-27(42)15-20-36(45)41-24-12-14-34(41)38(46)40-23-11-9-7-5-3-4-6-8-10-13-28-25-29-26-30(43)16-17-31(29)32-21-22-39(2)33(37(28)32)18-19-35(39)44/h16-17,26,28,32-35,37,43-44H,3-15,18-25H2,1-2H3,(H,40,46)/t28-,32-,33+,34+,35+,37-,39+/m1/s1. The molecule has 1 aliphatic heterocycles. The van der Waals surface area contributed by atoms with E-state index >= 15 is 0 Å². The molecular weight excluding hydrogens is 576 g/mol. The number of hydrogen-bond donors (Lipinski definition) is 3. The van der Waals surface area contributed by atoms with Gasteiger partial charge in [0.2, 0.25) is 11.8 Å². The first kappa shape index (κ1) is 34.9. The Hall–Kier alpha value is -2.41. The number of likely N-dealkylation sites (tertiary alicyclic amines) is 1. The van der Waals surface area contributed by atoms with E-state index in [0.29, 0.717) is 48.9 Å². The summed E-state index contributed by atoms with van der Waals surface area (Å²) in [5, 5.41) is 24.2. The van der Waals surface area contributed by atoms with E-state index in [9.17, 15) is 24.6 Å². The maximum atomic E-state index is 12.7. The summed E-state index contributed by atoms with van der Waals surface area (Å²) in [7, 11) is 0. The van der Waals surface area contributed by atoms with Crippen molar-refractivity contribution in [2.24, 2.45) is 23.2 Å². The van der Waals surface area contributed by atoms with Crippen LogP contribution in [-0.4, -0.2) is 57.9 Å². The van der Waals surface area contributed by atoms with Gasteiger partial charge < -0.3 is 25.2 Å². The highest BCUT2D eigenvalue weighted by Crippen LogP contribution is 2.62. The number of carbonyl (C=O) groups is 3. The molecule has 1 heterocycles. The van der Waals surface area contributed by atoms with Gasteiger partial charge in [-0.15, -0.1) is 0 Å². The zero-order valence-corrected chi connectivity index (χ0v) is 28.6. The van der Waals surface area contributed by atoms with Crippen LogP contribution in [0.4, 0.5) is 0 Å². The van der Waals surface area contributed by atoms with Gasteiger partial charge in [-0.3, -0.25) is 9.59 Å². The summed E-state index contributed by atoms with van der Waals surface area (Å²) in [6.07, 6.45) is 19.5. The second-order valence-electron chi connectivity index (χ2n) is 15.5. The Morgan fingerprint density at radius 1 is 0.935 bits per heavy atom. The van der Waals surface area contributed by atoms with Gasteiger partial charge in [-0.25, -0.2) is 0 Å². The average Bonchev–Trinajstić information content (AvgIpc) is 3.64. The summed E-state index contributed by atoms with van der Waals surface area (Å²) >= 11 is 0. The maximum Gasteiger partial charge on any atom is 0.242 e. The number of rotatable bonds is 16. The lowest BCUT2D eigenvalue weighted by atomic mass is 9.52. The van der Waals surface area contributed by atoms with Gasteiger partial charge >= 0.3 is 0 Å². The number of amides is 2. The normalized spacial score (nSPS) is 30.0. The summed E-state index contributed by atoms with van der Waals surface area (Å²) in [4.78, 5) is 38.0. The molecule has 1 aromatic rings. The average molecular weight is 637 g/mol. The number of fused-ring (bicyclic) bond motifs is 5. The van der Waals surface area contributed by atoms with Gasteiger partial charge in [-0.05, 0) is 117 Å². The van der Waals surface area contributed by atoms with Crippen molar-refractivity contribution in [2.75, 3.05) is 13.1 Å². The summed E-state index contributed by atoms with van der Waals surface area (Å²) in [6, 6.07) is 5.72. The van der Waals surface area contributed by atoms with Crippen LogP contribution in [0.3, 0.4) is 0 Å². The molecule has 0 unspecified atom stereocenters. The number of carbonyl (C=O) groups excluding carboxylic acids is 3. The largest absolute Gasteiger partial charge is 0.508 e. The lowest BCUT2D eigenvalue weighted by molar-refractivity contribution is -0.139. The Kier molecular flexibility index (Phi) is 12.2. The lowest BCUT2D eigenvalue weighted by Crippen LogP contribution is -2.47. The molecule has 7 nitrogen and oxygen atoms in total. The summed E-state index contributed by atoms with van der Waals surface area (Å²) < 4.78 is 0. The van der Waals surface area contributed by atoms with Crippen LogP contribution < -0.4 is 5.32 Å². The number of Topliss-reactive ketones (excluding diaryl/α,β-unsaturated/α-hetero) is 1. The number of hydrogen-bond acceptors (Lipinski definition) is 5. The second kappa shape index (κ2) is 16.1. The molecule has 0 spiro atoms. The fourth-order valence-electron chi connectivity index (χ4n) is 9.89. The Labute approximate surface area is 277 Å². The van der Waals surface area contributed by atoms with E-state index in [1.807, 2.05) is 12.1 Å². The van der Waals surface area contributed by atoms with Crippen molar-refractivity contribution in [3.05, 3.63) is 29.3 Å². The molecule has 3 aliphatic carbocycles. The smallest absolute Gasteiger partial charge is 0.242 e. The number of aliphatic hydroxyl groups is 1. The van der Waals surface area contributed by atoms with Crippen LogP contribution in [0.2, 0.25) is 0 Å². The van der Waals surface area contributed by atoms with Crippen LogP contribution in [-0.2, 0) is 20.8 Å². The Morgan fingerprint density at radius 2 is 1.65 bits per heavy atom. The van der Waals surface area contributed by atoms with Crippen molar-refractivity contribution in [1.29, 1.82) is 0 Å². The summed E-state index contributed by atoms with van der Waals surface area (Å²) in [5.41, 5.74) is 2.91. The second-order valence-corrected chi connectivity index (χ2v) is 15.5. The van der Waals surface area contributed by atoms with E-state index in [2.05, 4.69) is 18.3 Å². The monoisotopic (exact) mass is 636 g/mol. The highest BCUT2D eigenvalue weighted by molar-refractivity contribution is 5.89. The third kappa shape index (κ3) is 8.17. The molecule has 7 heteroatoms. The van der Waals surface area contributed by atoms with Gasteiger partial charge in [-0.1, -0.05) is 64.4 Å². The zero-order chi connectivity index (χ0) is 32.7. The van der Waals surface area contributed by atoms with Gasteiger partial charge in [0.1, 0.15) is 17.6 Å². The molecule has 5 rings (SSSR count). The topological polar surface area (TPSA) is 107 Å². The predicted octanol–water partition coefficient (Wildman–Crippen LogP) is 7.21. The first-order chi connectivity index (χ1) is 22.2. The molecule has 3 N–H and O–H groups in total. The van der Waals surface area contributed by atoms with Gasteiger partial charge in [0.25, 0.3) is 0 Å². The molecule has 0 radical (unpaired) electrons. The van der Waals surface area contributed by atoms with Crippen molar-refractivity contribution in [3.8, 4) is 5.75 Å². The number of phenolic OH excluding ortho intramolecular Hbond substituents is 1. The van der Waals surface area contributed by atoms with Gasteiger partial charge in [0.05, 0.1) is 6.10 Å². The zero-order valence-electron chi connectivity index (χ0n) is 28.6. The molecule has 46 heavy (non-hydrogen) atoms. The van der Waals surface area contributed by atoms with Crippen LogP contribution in [0.25, 0.3) is 0 Å². The van der Waals surface area contributed by atoms with Crippen molar-refractivity contribution in [2.45, 2.75) is 154 Å². The Balaban J connectivity index is 0.947. The third-order valence-corrected chi connectivity index (χ3v) is 12.5. The molecule has 0 aromatic heterocycles. The lowest BCUT2D eigenvalue weighted by Gasteiger charge is -2.53. The van der Waals surface area contributed by atoms with Gasteiger partial charge in [-0.2, -0.15) is 0 Å². The van der Waals surface area contributed by atoms with Gasteiger partial charge in [0, 0.05) is 25.9 Å². The molecule has 1 aromatic carbocycles. The first-order valence-electron chi connectivity index (χ1n) is 18.8. The van der Waals surface area contributed by atoms with Crippen LogP contribution in [0.1, 0.15) is 146 Å². The first-order valence-corrected chi connectivity index (χ1v) is 18.8. The highest BCUT2D eigenvalue weighted by Gasteiger charge is 2.56. The predicted molar refractivity (Wildman–Crippen MR) is 181 cm³/mol. The molecule has 3 fully saturated rings. The maximum absolute atomic E-state index is 12.7. The molecule has 7 atom stereocenters. The van der Waals surface area contributed by atoms with Crippen LogP contribution in [0.5, 0.6) is 5.75 Å². The van der Waals surface area contributed by atoms with E-state index < -0.39 is 0 Å². The number of unbranched alkanes of at least 4 members (excludes halogenated alkanes) is 8. The van der Waals surface area contributed by atoms with Crippen LogP contribution in [0.15, 0.2) is 18.2 Å². The molecule has 1 saturated heterocycles. The number of nitrogens with one attached hydrogen (secondary N) is 1. The summed E-state index contributed by atoms with van der Waals surface area (Å²) in [5.74, 6) is 2.79. The summed E-state index contributed by atoms with van der Waals surface area (Å²) in [6.45, 7) is 5.13. The number of aliphatic hydroxyl groups excluding tert-OH is 1. The van der Waals surface area contributed by atoms with E-state index in [1.165, 1.54) is 82.3 Å². The molecule has 0 bridgehead atoms. The molecular formula is C39H60N2O5. The Bertz CT molecular complexity index is 1200. The van der Waals surface area contributed by atoms with E-state index in [0.717, 1.165) is 38.5 Å². The van der Waals surface area contributed by atoms with Crippen LogP contribution in [0, 0.1) is 23.2 Å². The number of nitrogens with zero attached hydrogens (tertiary/aromatic N) is 1. The fraction of sp³-hybridized carbons (Fsp3) is 0.769. The molecule has 2 saturated carbocycles. The van der Waals surface area contributed by atoms with Gasteiger partial charge in [0.15, 0.2) is 0 Å². The van der Waals surface area contributed by atoms with Crippen molar-refractivity contribution in [3.63, 3.8) is 0 Å². The van der Waals surface area contributed by atoms with Crippen LogP contribution >= 0.6 is 0 Å². The number of benzene rings is 1. The quantitative estimate of drug-likeness (QED) is 0.166. The van der Waals surface area contributed by atoms with E-state index in [1.54, 1.807) is 4.90 Å². The minimum Gasteiger partial charge on any atom is -0.508 e. The van der Waals surface area contributed by atoms with E-state index in [4.69, 9.17) is 0 Å². The number of ketones is 1. The number of aromatic hydroxyl groups is 1. The van der Waals surface area contributed by atoms with Crippen molar-refractivity contribution < 1.29 is 24.6 Å². The molecule has 4 aliphatic rings. The number of phenols is 1. The van der Waals surface area contributed by atoms with E-state index in [-0.39, 0.29) is 48.0 Å². The van der Waals surface area contributed by atoms with Crippen molar-refractivity contribution >= 4 is 17.6 Å². The van der Waals surface area contributed by atoms with Crippen molar-refractivity contribution in [1.82, 2.24) is 10.2 Å². The Morgan fingerprint density at radius 3 is 2.39 bits per heavy atom. The SMILES string of the molecule is CC(=O)CCC(=O)N1CCC[C@H]1C(=O)NCCCCCCCCCCC[C@@H]1Cc2cc(O)ccc2[C@H]2CC[C@]3(C)[C@@H](O)CC[C@H]3[C@H]12. The minimum atomic E-state index is -0.373. The molecule has 256 valence electrons. The third-order valence-electron chi connectivity index (χ3n) is 12.5. The minimum absolute atomic E-state index is 0.00863. The highest BCUT2D eigenvalue weighted by atomic mass is 16.3. The fourth-order valence-corrected chi connectivity index (χ4v) is 9.89. The molecule has 2 amide bonds.